The number of aliphatic carboxylic acids is 1. The lowest BCUT2D eigenvalue weighted by Gasteiger charge is -2.20. The van der Waals surface area contributed by atoms with E-state index in [9.17, 15) is 27.9 Å². The van der Waals surface area contributed by atoms with E-state index in [0.717, 1.165) is 5.56 Å². The Morgan fingerprint density at radius 3 is 2.44 bits per heavy atom. The molecule has 15 heteroatoms. The second-order valence-corrected chi connectivity index (χ2v) is 12.2. The van der Waals surface area contributed by atoms with E-state index in [0.29, 0.717) is 28.3 Å². The van der Waals surface area contributed by atoms with Crippen LogP contribution in [0, 0.1) is 6.92 Å². The molecule has 2 heterocycles. The number of carboxylic acids is 1. The number of carbonyl (C=O) groups excluding carboxylic acids is 2. The number of hydrogen-bond donors (Lipinski definition) is 4. The van der Waals surface area contributed by atoms with Crippen LogP contribution in [0.2, 0.25) is 0 Å². The van der Waals surface area contributed by atoms with Gasteiger partial charge in [-0.05, 0) is 54.9 Å². The number of carboxylic acid groups (broad SMARTS) is 1. The van der Waals surface area contributed by atoms with Crippen LogP contribution < -0.4 is 25.0 Å². The van der Waals surface area contributed by atoms with Gasteiger partial charge in [-0.3, -0.25) is 24.4 Å². The van der Waals surface area contributed by atoms with Gasteiger partial charge >= 0.3 is 12.0 Å². The number of nitrogens with one attached hydrogen (secondary N) is 3. The lowest BCUT2D eigenvalue weighted by atomic mass is 10.1. The predicted molar refractivity (Wildman–Crippen MR) is 170 cm³/mol. The van der Waals surface area contributed by atoms with E-state index in [1.54, 1.807) is 43.3 Å². The summed E-state index contributed by atoms with van der Waals surface area (Å²) in [5.41, 5.74) is 2.95. The summed E-state index contributed by atoms with van der Waals surface area (Å²) in [6.07, 6.45) is 0.811. The van der Waals surface area contributed by atoms with Crippen LogP contribution in [-0.2, 0) is 26.0 Å². The van der Waals surface area contributed by atoms with Crippen LogP contribution in [0.15, 0.2) is 65.8 Å². The Balaban J connectivity index is 1.41. The molecule has 1 aliphatic heterocycles. The number of sulfonamides is 1. The van der Waals surface area contributed by atoms with Gasteiger partial charge in [0.1, 0.15) is 11.6 Å². The van der Waals surface area contributed by atoms with E-state index in [1.807, 2.05) is 25.1 Å². The molecule has 0 saturated carbocycles. The molecule has 2 aromatic carbocycles. The van der Waals surface area contributed by atoms with Crippen LogP contribution in [-0.4, -0.2) is 80.8 Å². The average Bonchev–Trinajstić information content (AvgIpc) is 3.45. The van der Waals surface area contributed by atoms with Crippen molar-refractivity contribution in [3.8, 4) is 5.75 Å². The highest BCUT2D eigenvalue weighted by atomic mass is 32.2. The molecule has 4 rings (SSSR count). The van der Waals surface area contributed by atoms with Crippen molar-refractivity contribution in [3.05, 3.63) is 77.5 Å². The number of urea groups is 1. The number of likely N-dealkylation sites (N-methyl/N-ethyl adjacent to an activating group) is 1. The fourth-order valence-electron chi connectivity index (χ4n) is 4.52. The molecule has 0 radical (unpaired) electrons. The molecule has 14 nitrogen and oxygen atoms in total. The van der Waals surface area contributed by atoms with Gasteiger partial charge in [-0.1, -0.05) is 30.3 Å². The third-order valence-corrected chi connectivity index (χ3v) is 8.51. The van der Waals surface area contributed by atoms with E-state index < -0.39 is 34.5 Å². The molecule has 0 bridgehead atoms. The maximum absolute atomic E-state index is 13.1. The first-order valence-electron chi connectivity index (χ1n) is 13.9. The first kappa shape index (κ1) is 33.0. The minimum Gasteiger partial charge on any atom is -0.495 e. The fourth-order valence-corrected chi connectivity index (χ4v) is 5.87. The molecule has 0 spiro atoms. The lowest BCUT2D eigenvalue weighted by molar-refractivity contribution is -0.137. The Morgan fingerprint density at radius 1 is 1.09 bits per heavy atom. The summed E-state index contributed by atoms with van der Waals surface area (Å²) >= 11 is 0. The zero-order valence-electron chi connectivity index (χ0n) is 25.3. The van der Waals surface area contributed by atoms with Gasteiger partial charge < -0.3 is 20.5 Å². The molecule has 1 aliphatic rings. The molecule has 45 heavy (non-hydrogen) atoms. The molecular formula is C30H35N7O7S. The molecule has 0 fully saturated rings. The molecule has 4 N–H and O–H groups in total. The molecule has 3 aromatic rings. The average molecular weight is 638 g/mol. The van der Waals surface area contributed by atoms with Gasteiger partial charge in [0.15, 0.2) is 5.04 Å². The molecule has 3 amide bonds. The van der Waals surface area contributed by atoms with Crippen LogP contribution in [0.1, 0.15) is 29.2 Å². The zero-order valence-corrected chi connectivity index (χ0v) is 26.1. The predicted octanol–water partition coefficient (Wildman–Crippen LogP) is 2.98. The lowest BCUT2D eigenvalue weighted by Crippen LogP contribution is -2.37. The van der Waals surface area contributed by atoms with E-state index in [2.05, 4.69) is 25.3 Å². The summed E-state index contributed by atoms with van der Waals surface area (Å²) in [6.45, 7) is 2.24. The van der Waals surface area contributed by atoms with Crippen molar-refractivity contribution < 1.29 is 32.6 Å². The fraction of sp³-hybridized carbons (Fsp3) is 0.300. The normalized spacial score (nSPS) is 13.9. The van der Waals surface area contributed by atoms with E-state index >= 15 is 0 Å². The van der Waals surface area contributed by atoms with E-state index in [4.69, 9.17) is 4.74 Å². The number of hydrogen-bond acceptors (Lipinski definition) is 9. The summed E-state index contributed by atoms with van der Waals surface area (Å²) < 4.78 is 33.5. The van der Waals surface area contributed by atoms with Crippen molar-refractivity contribution in [1.82, 2.24) is 14.6 Å². The summed E-state index contributed by atoms with van der Waals surface area (Å²) in [4.78, 5) is 48.5. The number of aliphatic imine (C=N–C) groups is 1. The summed E-state index contributed by atoms with van der Waals surface area (Å²) in [7, 11) is 0.694. The second kappa shape index (κ2) is 14.3. The highest BCUT2D eigenvalue weighted by Crippen LogP contribution is 2.27. The van der Waals surface area contributed by atoms with Gasteiger partial charge in [0, 0.05) is 18.9 Å². The first-order chi connectivity index (χ1) is 21.4. The number of anilines is 3. The topological polar surface area (TPSA) is 183 Å². The minimum absolute atomic E-state index is 0.00995. The number of aryl methyl sites for hydroxylation is 1. The van der Waals surface area contributed by atoms with Gasteiger partial charge in [-0.15, -0.1) is 0 Å². The Bertz CT molecular complexity index is 1710. The third-order valence-electron chi connectivity index (χ3n) is 7.03. The van der Waals surface area contributed by atoms with E-state index in [-0.39, 0.29) is 36.4 Å². The number of nitrogens with zero attached hydrogens (tertiary/aromatic N) is 4. The van der Waals surface area contributed by atoms with Crippen molar-refractivity contribution in [2.75, 3.05) is 50.0 Å². The van der Waals surface area contributed by atoms with Gasteiger partial charge in [0.05, 0.1) is 44.9 Å². The number of amides is 3. The molecule has 0 saturated heterocycles. The maximum atomic E-state index is 13.1. The molecule has 1 aromatic heterocycles. The number of methoxy groups -OCH3 is 1. The van der Waals surface area contributed by atoms with Crippen LogP contribution in [0.5, 0.6) is 5.75 Å². The molecular weight excluding hydrogens is 602 g/mol. The molecule has 238 valence electrons. The highest BCUT2D eigenvalue weighted by molar-refractivity contribution is 8.04. The largest absolute Gasteiger partial charge is 0.495 e. The quantitative estimate of drug-likeness (QED) is 0.246. The number of para-hydroxylation sites is 1. The number of rotatable bonds is 11. The first-order valence-corrected chi connectivity index (χ1v) is 15.3. The Hall–Kier alpha value is -4.86. The van der Waals surface area contributed by atoms with Crippen molar-refractivity contribution >= 4 is 50.2 Å². The van der Waals surface area contributed by atoms with Gasteiger partial charge in [-0.2, -0.15) is 0 Å². The number of carbonyl (C=O) groups is 3. The Kier molecular flexibility index (Phi) is 10.5. The van der Waals surface area contributed by atoms with E-state index in [1.165, 1.54) is 30.3 Å². The second-order valence-electron chi connectivity index (χ2n) is 10.5. The maximum Gasteiger partial charge on any atom is 0.323 e. The van der Waals surface area contributed by atoms with Crippen LogP contribution in [0.3, 0.4) is 0 Å². The molecule has 0 aliphatic carbocycles. The van der Waals surface area contributed by atoms with Crippen LogP contribution >= 0.6 is 0 Å². The molecule has 1 unspecified atom stereocenters. The Labute approximate surface area is 261 Å². The van der Waals surface area contributed by atoms with Gasteiger partial charge in [0.25, 0.3) is 10.0 Å². The minimum atomic E-state index is -4.03. The van der Waals surface area contributed by atoms with Crippen molar-refractivity contribution in [1.29, 1.82) is 0 Å². The van der Waals surface area contributed by atoms with Crippen molar-refractivity contribution in [3.63, 3.8) is 0 Å². The van der Waals surface area contributed by atoms with Gasteiger partial charge in [0.2, 0.25) is 5.91 Å². The number of pyridine rings is 1. The number of benzene rings is 2. The summed E-state index contributed by atoms with van der Waals surface area (Å²) in [5.74, 6) is -0.859. The van der Waals surface area contributed by atoms with Crippen LogP contribution in [0.4, 0.5) is 22.0 Å². The Morgan fingerprint density at radius 2 is 1.82 bits per heavy atom. The highest BCUT2D eigenvalue weighted by Gasteiger charge is 2.30. The summed E-state index contributed by atoms with van der Waals surface area (Å²) in [5, 5.41) is 14.9. The molecule has 1 atom stereocenters. The number of aromatic nitrogens is 1. The van der Waals surface area contributed by atoms with Crippen molar-refractivity contribution in [2.24, 2.45) is 4.99 Å². The van der Waals surface area contributed by atoms with Crippen LogP contribution in [0.25, 0.3) is 0 Å². The van der Waals surface area contributed by atoms with Crippen molar-refractivity contribution in [2.45, 2.75) is 25.8 Å². The van der Waals surface area contributed by atoms with Gasteiger partial charge in [-0.25, -0.2) is 22.9 Å². The smallest absolute Gasteiger partial charge is 0.323 e. The monoisotopic (exact) mass is 637 g/mol. The zero-order chi connectivity index (χ0) is 32.7. The summed E-state index contributed by atoms with van der Waals surface area (Å²) in [6, 6.07) is 13.9. The SMILES string of the molecule is COc1cc(CC(=O)N(C)c2ccc(C(CC(=O)O)NS(=O)(=O)C3=NCN(C)C3)cn2)ccc1NC(=O)Nc1ccccc1C. The third kappa shape index (κ3) is 8.62. The standard InChI is InChI=1S/C30H35N7O7S/c1-19-7-5-6-8-22(19)33-30(41)34-23-11-9-20(13-25(23)44-4)14-28(38)37(3)26-12-10-21(16-31-26)24(15-29(39)40)35-45(42,43)27-17-36(2)18-32-27/h5-13,16,24,35H,14-15,17-18H2,1-4H3,(H,39,40)(H2,33,34,41). The number of ether oxygens (including phenoxy) is 1.